The van der Waals surface area contributed by atoms with E-state index in [0.29, 0.717) is 25.1 Å². The molecule has 3 N–H and O–H groups in total. The van der Waals surface area contributed by atoms with E-state index in [0.717, 1.165) is 32.1 Å². The Bertz CT molecular complexity index is 450. The van der Waals surface area contributed by atoms with E-state index in [-0.39, 0.29) is 12.5 Å². The van der Waals surface area contributed by atoms with Gasteiger partial charge in [0, 0.05) is 19.4 Å². The highest BCUT2D eigenvalue weighted by Gasteiger charge is 1.97. The number of aliphatic hydroxyl groups excluding tert-OH is 2. The number of hydrogen-bond acceptors (Lipinski definition) is 3. The number of amides is 1. The van der Waals surface area contributed by atoms with Gasteiger partial charge in [-0.3, -0.25) is 4.79 Å². The van der Waals surface area contributed by atoms with Crippen LogP contribution < -0.4 is 5.32 Å². The van der Waals surface area contributed by atoms with E-state index in [9.17, 15) is 9.90 Å². The molecule has 1 amide bonds. The molecule has 0 aliphatic heterocycles. The Kier molecular flexibility index (Phi) is 18.2. The molecule has 0 radical (unpaired) electrons. The summed E-state index contributed by atoms with van der Waals surface area (Å²) in [5.74, 6) is 0.422. The van der Waals surface area contributed by atoms with Crippen molar-refractivity contribution in [3.05, 3.63) is 48.3 Å². The molecule has 0 aromatic rings. The number of aliphatic hydroxyl groups is 2. The van der Waals surface area contributed by atoms with Crippen molar-refractivity contribution in [2.24, 2.45) is 0 Å². The van der Waals surface area contributed by atoms with Crippen LogP contribution in [0, 0.1) is 0 Å². The van der Waals surface area contributed by atoms with E-state index in [4.69, 9.17) is 5.11 Å². The minimum atomic E-state index is -0.0132. The second-order valence-corrected chi connectivity index (χ2v) is 6.25. The van der Waals surface area contributed by atoms with E-state index in [1.165, 1.54) is 19.3 Å². The van der Waals surface area contributed by atoms with Gasteiger partial charge in [-0.05, 0) is 44.6 Å². The molecule has 0 heterocycles. The fraction of sp³-hybridized carbons (Fsp3) is 0.591. The van der Waals surface area contributed by atoms with Gasteiger partial charge in [0.1, 0.15) is 0 Å². The molecular formula is C22H37NO3. The monoisotopic (exact) mass is 363 g/mol. The Morgan fingerprint density at radius 2 is 1.62 bits per heavy atom. The van der Waals surface area contributed by atoms with E-state index < -0.39 is 0 Å². The molecule has 0 aromatic carbocycles. The topological polar surface area (TPSA) is 69.6 Å². The Hall–Kier alpha value is -1.81. The zero-order valence-corrected chi connectivity index (χ0v) is 16.3. The normalized spacial score (nSPS) is 12.6. The van der Waals surface area contributed by atoms with Crippen molar-refractivity contribution in [3.63, 3.8) is 0 Å². The molecule has 148 valence electrons. The highest BCUT2D eigenvalue weighted by Crippen LogP contribution is 2.04. The minimum absolute atomic E-state index is 0.00487. The first kappa shape index (κ1) is 24.2. The second-order valence-electron chi connectivity index (χ2n) is 6.25. The maximum atomic E-state index is 11.3. The van der Waals surface area contributed by atoms with Crippen LogP contribution >= 0.6 is 0 Å². The fourth-order valence-electron chi connectivity index (χ4n) is 2.27. The number of hydrogen-bond donors (Lipinski definition) is 3. The van der Waals surface area contributed by atoms with Crippen molar-refractivity contribution in [2.45, 2.75) is 71.1 Å². The van der Waals surface area contributed by atoms with Gasteiger partial charge < -0.3 is 15.5 Å². The molecule has 0 aliphatic carbocycles. The molecule has 0 bridgehead atoms. The summed E-state index contributed by atoms with van der Waals surface area (Å²) in [4.78, 5) is 11.3. The molecule has 0 fully saturated rings. The van der Waals surface area contributed by atoms with E-state index in [1.807, 2.05) is 18.2 Å². The molecular weight excluding hydrogens is 326 g/mol. The quantitative estimate of drug-likeness (QED) is 0.202. The number of unbranched alkanes of at least 4 members (excludes halogenated alkanes) is 4. The van der Waals surface area contributed by atoms with Crippen molar-refractivity contribution in [1.82, 2.24) is 5.32 Å². The average Bonchev–Trinajstić information content (AvgIpc) is 2.64. The van der Waals surface area contributed by atoms with Crippen LogP contribution in [0.3, 0.4) is 0 Å². The third kappa shape index (κ3) is 18.5. The van der Waals surface area contributed by atoms with Gasteiger partial charge in [-0.1, -0.05) is 56.2 Å². The predicted molar refractivity (Wildman–Crippen MR) is 110 cm³/mol. The summed E-state index contributed by atoms with van der Waals surface area (Å²) in [5.41, 5.74) is 0. The third-order valence-electron chi connectivity index (χ3n) is 3.77. The Labute approximate surface area is 159 Å². The summed E-state index contributed by atoms with van der Waals surface area (Å²) < 4.78 is 0. The van der Waals surface area contributed by atoms with Crippen LogP contribution in [-0.4, -0.2) is 29.3 Å². The lowest BCUT2D eigenvalue weighted by molar-refractivity contribution is -0.121. The Morgan fingerprint density at radius 3 is 2.38 bits per heavy atom. The predicted octanol–water partition coefficient (Wildman–Crippen LogP) is 5.13. The molecule has 4 nitrogen and oxygen atoms in total. The summed E-state index contributed by atoms with van der Waals surface area (Å²) in [5, 5.41) is 21.0. The fourth-order valence-corrected chi connectivity index (χ4v) is 2.27. The maximum Gasteiger partial charge on any atom is 0.220 e. The van der Waals surface area contributed by atoms with Crippen LogP contribution in [0.2, 0.25) is 0 Å². The molecule has 0 atom stereocenters. The Balaban J connectivity index is 3.62. The summed E-state index contributed by atoms with van der Waals surface area (Å²) in [6.45, 7) is 2.52. The molecule has 26 heavy (non-hydrogen) atoms. The van der Waals surface area contributed by atoms with Crippen molar-refractivity contribution in [1.29, 1.82) is 0 Å². The number of allylic oxidation sites excluding steroid dienone is 7. The number of carbonyl (C=O) groups is 1. The number of nitrogens with one attached hydrogen (secondary N) is 1. The molecule has 0 saturated carbocycles. The summed E-state index contributed by atoms with van der Waals surface area (Å²) >= 11 is 0. The van der Waals surface area contributed by atoms with Gasteiger partial charge in [0.15, 0.2) is 0 Å². The molecule has 0 unspecified atom stereocenters. The zero-order valence-electron chi connectivity index (χ0n) is 16.3. The molecule has 0 saturated heterocycles. The van der Waals surface area contributed by atoms with Crippen molar-refractivity contribution >= 4 is 5.91 Å². The average molecular weight is 364 g/mol. The lowest BCUT2D eigenvalue weighted by atomic mass is 10.2. The van der Waals surface area contributed by atoms with E-state index in [2.05, 4.69) is 36.5 Å². The van der Waals surface area contributed by atoms with Gasteiger partial charge in [-0.15, -0.1) is 0 Å². The highest BCUT2D eigenvalue weighted by molar-refractivity contribution is 5.75. The van der Waals surface area contributed by atoms with Gasteiger partial charge in [-0.2, -0.15) is 0 Å². The molecule has 0 aromatic heterocycles. The standard InChI is InChI=1S/C22H37NO3/c1-2-3-4-5-10-13-16-21(25)17-14-11-8-6-7-9-12-15-18-22(26)23-19-20-24/h7-11,13,17,24-25H,2-6,12,14-16,18-20H2,1H3,(H,23,26)/b9-7-,11-8-,13-10-,21-17+. The summed E-state index contributed by atoms with van der Waals surface area (Å²) in [7, 11) is 0. The van der Waals surface area contributed by atoms with Gasteiger partial charge >= 0.3 is 0 Å². The number of rotatable bonds is 16. The van der Waals surface area contributed by atoms with Crippen LogP contribution in [-0.2, 0) is 4.79 Å². The third-order valence-corrected chi connectivity index (χ3v) is 3.77. The van der Waals surface area contributed by atoms with Crippen LogP contribution in [0.25, 0.3) is 0 Å². The Morgan fingerprint density at radius 1 is 0.923 bits per heavy atom. The smallest absolute Gasteiger partial charge is 0.220 e. The maximum absolute atomic E-state index is 11.3. The molecule has 0 spiro atoms. The van der Waals surface area contributed by atoms with Gasteiger partial charge in [0.2, 0.25) is 5.91 Å². The van der Waals surface area contributed by atoms with E-state index >= 15 is 0 Å². The SMILES string of the molecule is CCCCC/C=C\C/C(O)=C\C/C=C\C/C=C\CCCC(=O)NCCO. The molecule has 0 rings (SSSR count). The van der Waals surface area contributed by atoms with Crippen LogP contribution in [0.4, 0.5) is 0 Å². The second kappa shape index (κ2) is 19.5. The minimum Gasteiger partial charge on any atom is -0.512 e. The summed E-state index contributed by atoms with van der Waals surface area (Å²) in [6.07, 6.45) is 23.6. The first-order valence-electron chi connectivity index (χ1n) is 9.91. The van der Waals surface area contributed by atoms with Gasteiger partial charge in [0.25, 0.3) is 0 Å². The molecule has 4 heteroatoms. The lowest BCUT2D eigenvalue weighted by Crippen LogP contribution is -2.25. The zero-order chi connectivity index (χ0) is 19.3. The first-order chi connectivity index (χ1) is 12.7. The van der Waals surface area contributed by atoms with Crippen LogP contribution in [0.5, 0.6) is 0 Å². The number of carbonyl (C=O) groups excluding carboxylic acids is 1. The summed E-state index contributed by atoms with van der Waals surface area (Å²) in [6, 6.07) is 0. The van der Waals surface area contributed by atoms with Crippen molar-refractivity contribution in [2.75, 3.05) is 13.2 Å². The van der Waals surface area contributed by atoms with Crippen LogP contribution in [0.15, 0.2) is 48.3 Å². The highest BCUT2D eigenvalue weighted by atomic mass is 16.3. The van der Waals surface area contributed by atoms with Gasteiger partial charge in [-0.25, -0.2) is 0 Å². The van der Waals surface area contributed by atoms with Gasteiger partial charge in [0.05, 0.1) is 12.4 Å². The van der Waals surface area contributed by atoms with E-state index in [1.54, 1.807) is 0 Å². The van der Waals surface area contributed by atoms with Crippen LogP contribution in [0.1, 0.15) is 71.1 Å². The first-order valence-corrected chi connectivity index (χ1v) is 9.91. The largest absolute Gasteiger partial charge is 0.512 e. The molecule has 0 aliphatic rings. The van der Waals surface area contributed by atoms with Crippen molar-refractivity contribution < 1.29 is 15.0 Å². The van der Waals surface area contributed by atoms with Crippen molar-refractivity contribution in [3.8, 4) is 0 Å². The lowest BCUT2D eigenvalue weighted by Gasteiger charge is -2.00.